The molecule has 2 aliphatic rings. The number of benzene rings is 1. The second-order valence-corrected chi connectivity index (χ2v) is 9.95. The summed E-state index contributed by atoms with van der Waals surface area (Å²) >= 11 is 1.40. The van der Waals surface area contributed by atoms with Crippen LogP contribution in [0.3, 0.4) is 0 Å². The molecule has 2 fully saturated rings. The number of ether oxygens (including phenoxy) is 1. The van der Waals surface area contributed by atoms with Crippen LogP contribution in [0.2, 0.25) is 0 Å². The molecule has 0 bridgehead atoms. The van der Waals surface area contributed by atoms with Crippen LogP contribution in [0.25, 0.3) is 0 Å². The Morgan fingerprint density at radius 2 is 1.94 bits per heavy atom. The molecule has 2 amide bonds. The fourth-order valence-corrected chi connectivity index (χ4v) is 5.52. The summed E-state index contributed by atoms with van der Waals surface area (Å²) in [5, 5.41) is 2.29. The van der Waals surface area contributed by atoms with Gasteiger partial charge in [0.25, 0.3) is 0 Å². The van der Waals surface area contributed by atoms with Crippen molar-refractivity contribution in [3.05, 3.63) is 58.0 Å². The summed E-state index contributed by atoms with van der Waals surface area (Å²) in [6.07, 6.45) is 0. The monoisotopic (exact) mass is 461 g/mol. The van der Waals surface area contributed by atoms with E-state index in [-0.39, 0.29) is 24.0 Å². The molecule has 2 aliphatic heterocycles. The number of carbonyl (C=O) groups is 3. The lowest BCUT2D eigenvalue weighted by atomic mass is 9.95. The average Bonchev–Trinajstić information content (AvgIpc) is 3.22. The molecule has 0 radical (unpaired) electrons. The minimum atomic E-state index is -0.911. The van der Waals surface area contributed by atoms with E-state index in [0.717, 1.165) is 0 Å². The van der Waals surface area contributed by atoms with Crippen LogP contribution in [0.15, 0.2) is 44.0 Å². The molecule has 1 aromatic heterocycles. The fraction of sp³-hybridized carbons (Fsp3) is 0.429. The number of hydrogen-bond donors (Lipinski definition) is 2. The Morgan fingerprint density at radius 1 is 1.25 bits per heavy atom. The number of thioether (sulfide) groups is 1. The molecule has 0 aliphatic carbocycles. The van der Waals surface area contributed by atoms with E-state index in [1.807, 2.05) is 19.9 Å². The van der Waals surface area contributed by atoms with Crippen molar-refractivity contribution in [2.24, 2.45) is 5.73 Å². The Labute approximate surface area is 187 Å². The number of nitrogens with one attached hydrogen (secondary N) is 1. The first-order chi connectivity index (χ1) is 15.1. The van der Waals surface area contributed by atoms with E-state index in [0.29, 0.717) is 5.56 Å². The van der Waals surface area contributed by atoms with Gasteiger partial charge in [0.2, 0.25) is 11.8 Å². The average molecular weight is 461 g/mol. The van der Waals surface area contributed by atoms with Crippen molar-refractivity contribution in [2.75, 3.05) is 0 Å². The largest absolute Gasteiger partial charge is 0.519 e. The number of β-lactam (4-membered cyclic amide) rings is 1. The normalized spacial score (nSPS) is 24.4. The molecular weight excluding hydrogens is 438 g/mol. The van der Waals surface area contributed by atoms with Gasteiger partial charge in [-0.3, -0.25) is 9.59 Å². The summed E-state index contributed by atoms with van der Waals surface area (Å²) in [6, 6.07) is 6.30. The molecular formula is C21H23N3O7S. The summed E-state index contributed by atoms with van der Waals surface area (Å²) in [4.78, 5) is 50.8. The zero-order valence-corrected chi connectivity index (χ0v) is 18.5. The molecule has 2 aromatic rings. The summed E-state index contributed by atoms with van der Waals surface area (Å²) in [5.74, 6) is -2.03. The molecule has 1 aromatic carbocycles. The van der Waals surface area contributed by atoms with Crippen LogP contribution in [0.5, 0.6) is 0 Å². The van der Waals surface area contributed by atoms with E-state index in [2.05, 4.69) is 5.32 Å². The number of rotatable bonds is 6. The zero-order valence-electron chi connectivity index (χ0n) is 17.7. The first kappa shape index (κ1) is 22.2. The van der Waals surface area contributed by atoms with Gasteiger partial charge < -0.3 is 29.5 Å². The number of nitrogens with zero attached hydrogens (tertiary/aromatic N) is 1. The third-order valence-electron chi connectivity index (χ3n) is 5.58. The highest BCUT2D eigenvalue weighted by Crippen LogP contribution is 2.51. The van der Waals surface area contributed by atoms with Gasteiger partial charge in [0.1, 0.15) is 23.5 Å². The number of fused-ring (bicyclic) bond motifs is 1. The van der Waals surface area contributed by atoms with Gasteiger partial charge in [-0.1, -0.05) is 30.3 Å². The summed E-state index contributed by atoms with van der Waals surface area (Å²) in [6.45, 7) is 4.89. The van der Waals surface area contributed by atoms with Gasteiger partial charge in [-0.05, 0) is 26.3 Å². The van der Waals surface area contributed by atoms with Crippen LogP contribution >= 0.6 is 11.8 Å². The predicted molar refractivity (Wildman–Crippen MR) is 113 cm³/mol. The standard InChI is InChI=1S/C21H23N3O7S/c1-10-12(31-20(28)30-10)9-29-19(27)15-21(2,3)32-18-14(17(26)24(15)18)23-16(25)13(22)11-7-5-4-6-8-11/h4-8,13-15,18H,9,22H2,1-3H3,(H,23,25)/t13-,14-,15?,18?/m1/s1. The fourth-order valence-electron chi connectivity index (χ4n) is 3.90. The highest BCUT2D eigenvalue weighted by atomic mass is 32.2. The highest BCUT2D eigenvalue weighted by molar-refractivity contribution is 8.01. The van der Waals surface area contributed by atoms with Gasteiger partial charge in [0.05, 0.1) is 0 Å². The van der Waals surface area contributed by atoms with E-state index >= 15 is 0 Å². The van der Waals surface area contributed by atoms with Crippen LogP contribution in [-0.4, -0.2) is 44.9 Å². The van der Waals surface area contributed by atoms with Gasteiger partial charge in [-0.15, -0.1) is 11.8 Å². The molecule has 11 heteroatoms. The first-order valence-corrected chi connectivity index (χ1v) is 10.8. The Morgan fingerprint density at radius 3 is 2.56 bits per heavy atom. The van der Waals surface area contributed by atoms with Gasteiger partial charge >= 0.3 is 11.8 Å². The van der Waals surface area contributed by atoms with E-state index in [1.54, 1.807) is 24.3 Å². The van der Waals surface area contributed by atoms with Crippen molar-refractivity contribution >= 4 is 29.5 Å². The molecule has 3 N–H and O–H groups in total. The third-order valence-corrected chi connectivity index (χ3v) is 7.16. The summed E-state index contributed by atoms with van der Waals surface area (Å²) in [7, 11) is 0. The number of carbonyl (C=O) groups excluding carboxylic acids is 3. The number of nitrogens with two attached hydrogens (primary N) is 1. The highest BCUT2D eigenvalue weighted by Gasteiger charge is 2.64. The van der Waals surface area contributed by atoms with E-state index < -0.39 is 45.9 Å². The van der Waals surface area contributed by atoms with Crippen molar-refractivity contribution < 1.29 is 28.0 Å². The Hall–Kier alpha value is -3.05. The lowest BCUT2D eigenvalue weighted by Gasteiger charge is -2.44. The molecule has 3 heterocycles. The van der Waals surface area contributed by atoms with Crippen LogP contribution in [0.4, 0.5) is 0 Å². The van der Waals surface area contributed by atoms with E-state index in [1.165, 1.54) is 23.6 Å². The maximum absolute atomic E-state index is 12.8. The van der Waals surface area contributed by atoms with Crippen molar-refractivity contribution in [3.8, 4) is 0 Å². The summed E-state index contributed by atoms with van der Waals surface area (Å²) < 4.78 is 14.2. The van der Waals surface area contributed by atoms with Crippen LogP contribution in [-0.2, 0) is 25.7 Å². The third kappa shape index (κ3) is 3.82. The van der Waals surface area contributed by atoms with E-state index in [4.69, 9.17) is 19.3 Å². The van der Waals surface area contributed by atoms with Crippen molar-refractivity contribution in [1.82, 2.24) is 10.2 Å². The quantitative estimate of drug-likeness (QED) is 0.472. The molecule has 4 rings (SSSR count). The second-order valence-electron chi connectivity index (χ2n) is 8.18. The van der Waals surface area contributed by atoms with Crippen LogP contribution in [0, 0.1) is 6.92 Å². The SMILES string of the molecule is Cc1oc(=O)oc1COC(=O)C1N2C(=O)[C@@H](NC(=O)[C@H](N)c3ccccc3)C2SC1(C)C. The topological polar surface area (TPSA) is 145 Å². The van der Waals surface area contributed by atoms with Crippen molar-refractivity contribution in [1.29, 1.82) is 0 Å². The summed E-state index contributed by atoms with van der Waals surface area (Å²) in [5.41, 5.74) is 6.66. The molecule has 10 nitrogen and oxygen atoms in total. The molecule has 4 atom stereocenters. The Kier molecular flexibility index (Phi) is 5.63. The van der Waals surface area contributed by atoms with Crippen molar-refractivity contribution in [2.45, 2.75) is 55.6 Å². The molecule has 2 saturated heterocycles. The number of hydrogen-bond acceptors (Lipinski definition) is 9. The van der Waals surface area contributed by atoms with Crippen molar-refractivity contribution in [3.63, 3.8) is 0 Å². The van der Waals surface area contributed by atoms with Gasteiger partial charge in [-0.2, -0.15) is 0 Å². The molecule has 0 saturated carbocycles. The van der Waals surface area contributed by atoms with Gasteiger partial charge in [0.15, 0.2) is 18.1 Å². The number of amides is 2. The molecule has 170 valence electrons. The zero-order chi connectivity index (χ0) is 23.2. The molecule has 0 spiro atoms. The smallest absolute Gasteiger partial charge is 0.456 e. The predicted octanol–water partition coefficient (Wildman–Crippen LogP) is 0.832. The van der Waals surface area contributed by atoms with Gasteiger partial charge in [0, 0.05) is 4.75 Å². The molecule has 32 heavy (non-hydrogen) atoms. The van der Waals surface area contributed by atoms with Gasteiger partial charge in [-0.25, -0.2) is 9.59 Å². The van der Waals surface area contributed by atoms with Crippen LogP contribution in [0.1, 0.15) is 37.0 Å². The second kappa shape index (κ2) is 8.14. The number of aryl methyl sites for hydroxylation is 1. The first-order valence-electron chi connectivity index (χ1n) is 9.97. The van der Waals surface area contributed by atoms with E-state index in [9.17, 15) is 19.2 Å². The maximum Gasteiger partial charge on any atom is 0.519 e. The lowest BCUT2D eigenvalue weighted by Crippen LogP contribution is -2.71. The van der Waals surface area contributed by atoms with Crippen LogP contribution < -0.4 is 16.9 Å². The Balaban J connectivity index is 1.42. The maximum atomic E-state index is 12.8. The Bertz CT molecular complexity index is 1110. The molecule has 2 unspecified atom stereocenters. The lowest BCUT2D eigenvalue weighted by molar-refractivity contribution is -0.165. The minimum Gasteiger partial charge on any atom is -0.456 e. The number of esters is 1. The minimum absolute atomic E-state index is 0.110.